The van der Waals surface area contributed by atoms with Crippen molar-refractivity contribution in [1.29, 1.82) is 0 Å². The second kappa shape index (κ2) is 4.13. The van der Waals surface area contributed by atoms with Crippen LogP contribution in [-0.4, -0.2) is 11.5 Å². The minimum absolute atomic E-state index is 0.532. The van der Waals surface area contributed by atoms with E-state index in [0.29, 0.717) is 6.54 Å². The molecule has 0 aromatic carbocycles. The molecule has 0 saturated carbocycles. The van der Waals surface area contributed by atoms with Crippen LogP contribution in [0.25, 0.3) is 0 Å². The Kier molecular flexibility index (Phi) is 3.12. The normalized spacial score (nSPS) is 9.08. The molecule has 0 atom stereocenters. The topological polar surface area (TPSA) is 24.9 Å². The summed E-state index contributed by atoms with van der Waals surface area (Å²) in [5, 5.41) is 3.07. The lowest BCUT2D eigenvalue weighted by Gasteiger charge is -2.05. The van der Waals surface area contributed by atoms with Crippen molar-refractivity contribution in [3.05, 3.63) is 22.4 Å². The van der Waals surface area contributed by atoms with Crippen molar-refractivity contribution < 1.29 is 0 Å². The van der Waals surface area contributed by atoms with E-state index in [4.69, 9.17) is 6.42 Å². The van der Waals surface area contributed by atoms with Gasteiger partial charge in [-0.05, 0) is 35.0 Å². The van der Waals surface area contributed by atoms with E-state index in [2.05, 4.69) is 32.2 Å². The lowest BCUT2D eigenvalue weighted by Crippen LogP contribution is -2.01. The maximum atomic E-state index is 5.11. The number of hydrogen-bond donors (Lipinski definition) is 1. The highest BCUT2D eigenvalue weighted by Crippen LogP contribution is 2.15. The van der Waals surface area contributed by atoms with Gasteiger partial charge >= 0.3 is 0 Å². The van der Waals surface area contributed by atoms with E-state index in [-0.39, 0.29) is 0 Å². The maximum absolute atomic E-state index is 5.11. The van der Waals surface area contributed by atoms with E-state index < -0.39 is 0 Å². The first kappa shape index (κ1) is 9.08. The predicted molar refractivity (Wildman–Crippen MR) is 54.0 cm³/mol. The van der Waals surface area contributed by atoms with E-state index in [9.17, 15) is 0 Å². The van der Waals surface area contributed by atoms with Crippen molar-refractivity contribution >= 4 is 21.6 Å². The molecule has 0 aliphatic heterocycles. The molecule has 0 aliphatic rings. The second-order valence-electron chi connectivity index (χ2n) is 2.32. The van der Waals surface area contributed by atoms with Crippen molar-refractivity contribution in [2.24, 2.45) is 0 Å². The number of nitrogens with zero attached hydrogens (tertiary/aromatic N) is 1. The van der Waals surface area contributed by atoms with Crippen LogP contribution in [0.3, 0.4) is 0 Å². The smallest absolute Gasteiger partial charge is 0.106 e. The van der Waals surface area contributed by atoms with Crippen LogP contribution in [-0.2, 0) is 0 Å². The highest BCUT2D eigenvalue weighted by atomic mass is 79.9. The van der Waals surface area contributed by atoms with Gasteiger partial charge in [-0.2, -0.15) is 0 Å². The van der Waals surface area contributed by atoms with Crippen LogP contribution in [0.15, 0.2) is 16.7 Å². The van der Waals surface area contributed by atoms with Crippen molar-refractivity contribution in [2.75, 3.05) is 11.9 Å². The summed E-state index contributed by atoms with van der Waals surface area (Å²) in [4.78, 5) is 4.21. The van der Waals surface area contributed by atoms with Crippen molar-refractivity contribution in [3.8, 4) is 12.3 Å². The SMILES string of the molecule is C#CCNc1ccc(Br)nc1C. The molecule has 3 heteroatoms. The second-order valence-corrected chi connectivity index (χ2v) is 3.14. The number of nitrogens with one attached hydrogen (secondary N) is 1. The Balaban J connectivity index is 2.81. The Labute approximate surface area is 80.5 Å². The molecule has 2 nitrogen and oxygen atoms in total. The zero-order valence-electron chi connectivity index (χ0n) is 6.76. The van der Waals surface area contributed by atoms with E-state index in [1.165, 1.54) is 0 Å². The van der Waals surface area contributed by atoms with Gasteiger partial charge in [-0.1, -0.05) is 5.92 Å². The first-order valence-corrected chi connectivity index (χ1v) is 4.34. The highest BCUT2D eigenvalue weighted by Gasteiger charge is 1.97. The first-order chi connectivity index (χ1) is 5.74. The molecule has 62 valence electrons. The summed E-state index contributed by atoms with van der Waals surface area (Å²) in [6.45, 7) is 2.47. The van der Waals surface area contributed by atoms with Crippen LogP contribution >= 0.6 is 15.9 Å². The standard InChI is InChI=1S/C9H9BrN2/c1-3-6-11-8-4-5-9(10)12-7(8)2/h1,4-5,11H,6H2,2H3. The molecule has 0 spiro atoms. The first-order valence-electron chi connectivity index (χ1n) is 3.54. The van der Waals surface area contributed by atoms with E-state index in [1.54, 1.807) is 0 Å². The fourth-order valence-electron chi connectivity index (χ4n) is 0.864. The van der Waals surface area contributed by atoms with Crippen molar-refractivity contribution in [1.82, 2.24) is 4.98 Å². The lowest BCUT2D eigenvalue weighted by atomic mass is 10.3. The van der Waals surface area contributed by atoms with E-state index >= 15 is 0 Å². The third-order valence-corrected chi connectivity index (χ3v) is 1.87. The summed E-state index contributed by atoms with van der Waals surface area (Å²) in [5.41, 5.74) is 1.93. The van der Waals surface area contributed by atoms with Crippen LogP contribution in [0, 0.1) is 19.3 Å². The zero-order chi connectivity index (χ0) is 8.97. The fraction of sp³-hybridized carbons (Fsp3) is 0.222. The molecule has 12 heavy (non-hydrogen) atoms. The third kappa shape index (κ3) is 2.24. The fourth-order valence-corrected chi connectivity index (χ4v) is 1.26. The van der Waals surface area contributed by atoms with Gasteiger partial charge in [-0.3, -0.25) is 0 Å². The summed E-state index contributed by atoms with van der Waals surface area (Å²) in [5.74, 6) is 2.51. The monoisotopic (exact) mass is 224 g/mol. The minimum atomic E-state index is 0.532. The molecule has 0 saturated heterocycles. The number of aryl methyl sites for hydroxylation is 1. The molecule has 0 radical (unpaired) electrons. The number of pyridine rings is 1. The van der Waals surface area contributed by atoms with Crippen LogP contribution < -0.4 is 5.32 Å². The van der Waals surface area contributed by atoms with Gasteiger partial charge in [0.2, 0.25) is 0 Å². The zero-order valence-corrected chi connectivity index (χ0v) is 8.35. The number of anilines is 1. The van der Waals surface area contributed by atoms with Crippen LogP contribution in [0.5, 0.6) is 0 Å². The number of aromatic nitrogens is 1. The van der Waals surface area contributed by atoms with Gasteiger partial charge in [0.15, 0.2) is 0 Å². The van der Waals surface area contributed by atoms with Gasteiger partial charge in [0.1, 0.15) is 4.60 Å². The quantitative estimate of drug-likeness (QED) is 0.616. The van der Waals surface area contributed by atoms with Crippen LogP contribution in [0.1, 0.15) is 5.69 Å². The van der Waals surface area contributed by atoms with Crippen LogP contribution in [0.2, 0.25) is 0 Å². The molecule has 1 rings (SSSR count). The molecule has 1 aromatic rings. The summed E-state index contributed by atoms with van der Waals surface area (Å²) in [6.07, 6.45) is 5.11. The van der Waals surface area contributed by atoms with Crippen molar-refractivity contribution in [3.63, 3.8) is 0 Å². The maximum Gasteiger partial charge on any atom is 0.106 e. The summed E-state index contributed by atoms with van der Waals surface area (Å²) in [7, 11) is 0. The van der Waals surface area contributed by atoms with Gasteiger partial charge in [0.05, 0.1) is 17.9 Å². The minimum Gasteiger partial charge on any atom is -0.373 e. The van der Waals surface area contributed by atoms with Gasteiger partial charge < -0.3 is 5.32 Å². The molecule has 1 N–H and O–H groups in total. The highest BCUT2D eigenvalue weighted by molar-refractivity contribution is 9.10. The molecule has 0 fully saturated rings. The lowest BCUT2D eigenvalue weighted by molar-refractivity contribution is 1.15. The Morgan fingerprint density at radius 2 is 2.42 bits per heavy atom. The summed E-state index contributed by atoms with van der Waals surface area (Å²) in [6, 6.07) is 3.83. The molecule has 0 amide bonds. The van der Waals surface area contributed by atoms with Crippen LogP contribution in [0.4, 0.5) is 5.69 Å². The molecule has 0 unspecified atom stereocenters. The predicted octanol–water partition coefficient (Wildman–Crippen LogP) is 2.20. The Morgan fingerprint density at radius 1 is 1.67 bits per heavy atom. The molecule has 0 bridgehead atoms. The van der Waals surface area contributed by atoms with Gasteiger partial charge in [0.25, 0.3) is 0 Å². The Bertz CT molecular complexity index is 315. The van der Waals surface area contributed by atoms with Crippen molar-refractivity contribution in [2.45, 2.75) is 6.92 Å². The van der Waals surface area contributed by atoms with Gasteiger partial charge in [-0.25, -0.2) is 4.98 Å². The average molecular weight is 225 g/mol. The molecule has 1 heterocycles. The van der Waals surface area contributed by atoms with E-state index in [0.717, 1.165) is 16.0 Å². The molecule has 1 aromatic heterocycles. The summed E-state index contributed by atoms with van der Waals surface area (Å²) >= 11 is 3.29. The third-order valence-electron chi connectivity index (χ3n) is 1.43. The van der Waals surface area contributed by atoms with Gasteiger partial charge in [0, 0.05) is 0 Å². The number of rotatable bonds is 2. The number of terminal acetylenes is 1. The average Bonchev–Trinajstić information content (AvgIpc) is 2.03. The molecular formula is C9H9BrN2. The Morgan fingerprint density at radius 3 is 3.00 bits per heavy atom. The Hall–Kier alpha value is -1.01. The number of hydrogen-bond acceptors (Lipinski definition) is 2. The molecular weight excluding hydrogens is 216 g/mol. The van der Waals surface area contributed by atoms with Gasteiger partial charge in [-0.15, -0.1) is 6.42 Å². The largest absolute Gasteiger partial charge is 0.373 e. The molecule has 0 aliphatic carbocycles. The van der Waals surface area contributed by atoms with E-state index in [1.807, 2.05) is 19.1 Å². The number of halogens is 1. The summed E-state index contributed by atoms with van der Waals surface area (Å²) < 4.78 is 0.839.